The van der Waals surface area contributed by atoms with E-state index in [9.17, 15) is 14.0 Å². The molecular formula is C13H14BrFN2O3S. The molecule has 1 unspecified atom stereocenters. The second-order valence-corrected chi connectivity index (χ2v) is 6.64. The molecule has 0 saturated carbocycles. The van der Waals surface area contributed by atoms with Gasteiger partial charge in [-0.1, -0.05) is 15.9 Å². The van der Waals surface area contributed by atoms with Crippen molar-refractivity contribution in [3.63, 3.8) is 0 Å². The monoisotopic (exact) mass is 376 g/mol. The Kier molecular flexibility index (Phi) is 5.60. The number of halogens is 2. The summed E-state index contributed by atoms with van der Waals surface area (Å²) in [4.78, 5) is 24.7. The summed E-state index contributed by atoms with van der Waals surface area (Å²) in [5.41, 5.74) is 0.0847. The number of carboxylic acid groups (broad SMARTS) is 1. The lowest BCUT2D eigenvalue weighted by Crippen LogP contribution is -2.50. The van der Waals surface area contributed by atoms with E-state index in [2.05, 4.69) is 21.2 Å². The first-order chi connectivity index (χ1) is 9.97. The molecule has 0 bridgehead atoms. The number of rotatable bonds is 4. The van der Waals surface area contributed by atoms with Gasteiger partial charge in [0, 0.05) is 22.5 Å². The third-order valence-electron chi connectivity index (χ3n) is 3.08. The number of thioether (sulfide) groups is 1. The normalized spacial score (nSPS) is 19.2. The summed E-state index contributed by atoms with van der Waals surface area (Å²) in [6, 6.07) is 3.66. The van der Waals surface area contributed by atoms with Crippen LogP contribution in [-0.2, 0) is 9.59 Å². The van der Waals surface area contributed by atoms with Gasteiger partial charge in [-0.2, -0.15) is 11.8 Å². The Morgan fingerprint density at radius 3 is 2.95 bits per heavy atom. The van der Waals surface area contributed by atoms with Crippen LogP contribution in [0.15, 0.2) is 22.7 Å². The summed E-state index contributed by atoms with van der Waals surface area (Å²) in [5.74, 6) is -0.667. The predicted octanol–water partition coefficient (Wildman–Crippen LogP) is 2.03. The maximum absolute atomic E-state index is 13.6. The number of carbonyl (C=O) groups excluding carboxylic acids is 1. The van der Waals surface area contributed by atoms with Gasteiger partial charge in [0.15, 0.2) is 0 Å². The van der Waals surface area contributed by atoms with Crippen molar-refractivity contribution < 1.29 is 19.1 Å². The Hall–Kier alpha value is -1.12. The zero-order valence-electron chi connectivity index (χ0n) is 11.0. The number of carboxylic acids is 1. The number of hydrogen-bond donors (Lipinski definition) is 2. The van der Waals surface area contributed by atoms with Gasteiger partial charge in [0.2, 0.25) is 5.91 Å². The molecule has 2 rings (SSSR count). The van der Waals surface area contributed by atoms with E-state index in [1.54, 1.807) is 22.7 Å². The fraction of sp³-hybridized carbons (Fsp3) is 0.385. The van der Waals surface area contributed by atoms with Gasteiger partial charge in [-0.3, -0.25) is 14.5 Å². The molecule has 8 heteroatoms. The zero-order chi connectivity index (χ0) is 15.4. The van der Waals surface area contributed by atoms with Gasteiger partial charge in [-0.05, 0) is 18.2 Å². The molecule has 1 atom stereocenters. The molecule has 114 valence electrons. The molecule has 0 aromatic heterocycles. The number of carbonyl (C=O) groups is 2. The van der Waals surface area contributed by atoms with Crippen molar-refractivity contribution in [1.82, 2.24) is 4.90 Å². The second-order valence-electron chi connectivity index (χ2n) is 4.57. The highest BCUT2D eigenvalue weighted by Crippen LogP contribution is 2.20. The highest BCUT2D eigenvalue weighted by atomic mass is 79.9. The molecular weight excluding hydrogens is 363 g/mol. The first-order valence-electron chi connectivity index (χ1n) is 6.27. The molecule has 1 heterocycles. The molecule has 0 radical (unpaired) electrons. The summed E-state index contributed by atoms with van der Waals surface area (Å²) in [6.07, 6.45) is 0. The van der Waals surface area contributed by atoms with Gasteiger partial charge in [-0.15, -0.1) is 0 Å². The van der Waals surface area contributed by atoms with Crippen LogP contribution in [0, 0.1) is 5.82 Å². The molecule has 1 aromatic carbocycles. The summed E-state index contributed by atoms with van der Waals surface area (Å²) in [5, 5.41) is 11.6. The van der Waals surface area contributed by atoms with Crippen molar-refractivity contribution in [1.29, 1.82) is 0 Å². The third kappa shape index (κ3) is 4.42. The second kappa shape index (κ2) is 7.24. The number of aliphatic carboxylic acids is 1. The number of benzene rings is 1. The number of amides is 1. The topological polar surface area (TPSA) is 69.6 Å². The minimum atomic E-state index is -0.940. The predicted molar refractivity (Wildman–Crippen MR) is 83.1 cm³/mol. The smallest absolute Gasteiger partial charge is 0.321 e. The highest BCUT2D eigenvalue weighted by Gasteiger charge is 2.30. The van der Waals surface area contributed by atoms with Gasteiger partial charge < -0.3 is 10.4 Å². The largest absolute Gasteiger partial charge is 0.480 e. The quantitative estimate of drug-likeness (QED) is 0.841. The lowest BCUT2D eigenvalue weighted by Gasteiger charge is -2.31. The average Bonchev–Trinajstić information content (AvgIpc) is 2.42. The Morgan fingerprint density at radius 1 is 1.52 bits per heavy atom. The Labute approximate surface area is 134 Å². The van der Waals surface area contributed by atoms with E-state index in [0.717, 1.165) is 5.75 Å². The van der Waals surface area contributed by atoms with Crippen molar-refractivity contribution in [3.05, 3.63) is 28.5 Å². The van der Waals surface area contributed by atoms with Crippen LogP contribution in [0.5, 0.6) is 0 Å². The number of nitrogens with one attached hydrogen (secondary N) is 1. The first kappa shape index (κ1) is 16.3. The van der Waals surface area contributed by atoms with Crippen LogP contribution in [0.3, 0.4) is 0 Å². The lowest BCUT2D eigenvalue weighted by atomic mass is 10.2. The van der Waals surface area contributed by atoms with E-state index in [4.69, 9.17) is 5.11 Å². The molecule has 1 aromatic rings. The van der Waals surface area contributed by atoms with Crippen molar-refractivity contribution in [2.24, 2.45) is 0 Å². The van der Waals surface area contributed by atoms with Crippen molar-refractivity contribution in [2.45, 2.75) is 6.04 Å². The van der Waals surface area contributed by atoms with E-state index >= 15 is 0 Å². The number of nitrogens with zero attached hydrogens (tertiary/aromatic N) is 1. The van der Waals surface area contributed by atoms with Crippen LogP contribution in [0.4, 0.5) is 10.1 Å². The first-order valence-corrected chi connectivity index (χ1v) is 8.21. The Balaban J connectivity index is 1.98. The van der Waals surface area contributed by atoms with E-state index in [1.165, 1.54) is 12.1 Å². The fourth-order valence-electron chi connectivity index (χ4n) is 2.02. The molecule has 1 aliphatic heterocycles. The van der Waals surface area contributed by atoms with Gasteiger partial charge in [0.25, 0.3) is 0 Å². The minimum Gasteiger partial charge on any atom is -0.480 e. The third-order valence-corrected chi connectivity index (χ3v) is 4.59. The van der Waals surface area contributed by atoms with E-state index in [1.807, 2.05) is 0 Å². The standard InChI is InChI=1S/C13H14BrFN2O3S/c14-8-1-2-10(9(15)5-8)16-12(18)6-17-3-4-21-7-11(17)13(19)20/h1-2,5,11H,3-4,6-7H2,(H,16,18)(H,19,20). The van der Waals surface area contributed by atoms with E-state index < -0.39 is 23.7 Å². The van der Waals surface area contributed by atoms with E-state index in [-0.39, 0.29) is 12.2 Å². The zero-order valence-corrected chi connectivity index (χ0v) is 13.4. The minimum absolute atomic E-state index is 0.0625. The lowest BCUT2D eigenvalue weighted by molar-refractivity contribution is -0.142. The van der Waals surface area contributed by atoms with E-state index in [0.29, 0.717) is 16.8 Å². The van der Waals surface area contributed by atoms with Crippen LogP contribution >= 0.6 is 27.7 Å². The van der Waals surface area contributed by atoms with Gasteiger partial charge in [0.05, 0.1) is 12.2 Å². The molecule has 21 heavy (non-hydrogen) atoms. The molecule has 2 N–H and O–H groups in total. The molecule has 0 aliphatic carbocycles. The highest BCUT2D eigenvalue weighted by molar-refractivity contribution is 9.10. The van der Waals surface area contributed by atoms with Crippen LogP contribution in [0.25, 0.3) is 0 Å². The molecule has 0 spiro atoms. The maximum Gasteiger partial charge on any atom is 0.321 e. The van der Waals surface area contributed by atoms with Crippen molar-refractivity contribution in [2.75, 3.05) is 29.9 Å². The Morgan fingerprint density at radius 2 is 2.29 bits per heavy atom. The fourth-order valence-corrected chi connectivity index (χ4v) is 3.46. The maximum atomic E-state index is 13.6. The molecule has 1 fully saturated rings. The molecule has 1 aliphatic rings. The molecule has 5 nitrogen and oxygen atoms in total. The van der Waals surface area contributed by atoms with Crippen molar-refractivity contribution in [3.8, 4) is 0 Å². The molecule has 1 amide bonds. The van der Waals surface area contributed by atoms with Crippen molar-refractivity contribution >= 4 is 45.3 Å². The van der Waals surface area contributed by atoms with Crippen LogP contribution in [0.1, 0.15) is 0 Å². The van der Waals surface area contributed by atoms with Gasteiger partial charge in [-0.25, -0.2) is 4.39 Å². The summed E-state index contributed by atoms with van der Waals surface area (Å²) < 4.78 is 14.2. The summed E-state index contributed by atoms with van der Waals surface area (Å²) in [7, 11) is 0. The van der Waals surface area contributed by atoms with Crippen LogP contribution < -0.4 is 5.32 Å². The summed E-state index contributed by atoms with van der Waals surface area (Å²) >= 11 is 4.69. The summed E-state index contributed by atoms with van der Waals surface area (Å²) in [6.45, 7) is 0.463. The SMILES string of the molecule is O=C(CN1CCSCC1C(=O)O)Nc1ccc(Br)cc1F. The average molecular weight is 377 g/mol. The molecule has 1 saturated heterocycles. The van der Waals surface area contributed by atoms with Gasteiger partial charge >= 0.3 is 5.97 Å². The van der Waals surface area contributed by atoms with Gasteiger partial charge in [0.1, 0.15) is 11.9 Å². The number of anilines is 1. The number of hydrogen-bond acceptors (Lipinski definition) is 4. The Bertz CT molecular complexity index is 558. The van der Waals surface area contributed by atoms with Crippen LogP contribution in [-0.4, -0.2) is 52.5 Å². The van der Waals surface area contributed by atoms with Crippen LogP contribution in [0.2, 0.25) is 0 Å².